The van der Waals surface area contributed by atoms with E-state index in [1.54, 1.807) is 35.0 Å². The molecule has 0 aliphatic carbocycles. The zero-order valence-electron chi connectivity index (χ0n) is 18.2. The Hall–Kier alpha value is -3.62. The Morgan fingerprint density at radius 2 is 1.70 bits per heavy atom. The summed E-state index contributed by atoms with van der Waals surface area (Å²) in [5.41, 5.74) is 2.33. The van der Waals surface area contributed by atoms with Gasteiger partial charge in [0.05, 0.1) is 11.3 Å². The lowest BCUT2D eigenvalue weighted by molar-refractivity contribution is -0.137. The Kier molecular flexibility index (Phi) is 7.20. The lowest BCUT2D eigenvalue weighted by Crippen LogP contribution is -2.12. The van der Waals surface area contributed by atoms with Crippen LogP contribution in [0, 0.1) is 0 Å². The molecule has 3 aromatic rings. The summed E-state index contributed by atoms with van der Waals surface area (Å²) in [5, 5.41) is 16.0. The number of halogens is 3. The van der Waals surface area contributed by atoms with Gasteiger partial charge in [-0.05, 0) is 62.7 Å². The molecular weight excluding hydrogens is 435 g/mol. The van der Waals surface area contributed by atoms with Crippen LogP contribution >= 0.6 is 0 Å². The molecule has 2 N–H and O–H groups in total. The predicted molar refractivity (Wildman–Crippen MR) is 118 cm³/mol. The molecule has 1 heterocycles. The molecule has 2 aromatic carbocycles. The summed E-state index contributed by atoms with van der Waals surface area (Å²) in [6.45, 7) is 3.67. The molecule has 0 amide bonds. The Morgan fingerprint density at radius 1 is 1.06 bits per heavy atom. The number of hydrogen-bond acceptors (Lipinski definition) is 4. The number of aliphatic carboxylic acids is 1. The normalized spacial score (nSPS) is 11.6. The predicted octanol–water partition coefficient (Wildman–Crippen LogP) is 5.46. The zero-order chi connectivity index (χ0) is 24.2. The van der Waals surface area contributed by atoms with Crippen LogP contribution in [0.2, 0.25) is 0 Å². The summed E-state index contributed by atoms with van der Waals surface area (Å²) in [7, 11) is 0. The van der Waals surface area contributed by atoms with Crippen molar-refractivity contribution in [1.82, 2.24) is 9.78 Å². The number of nitrogens with zero attached hydrogens (tertiary/aromatic N) is 2. The fraction of sp³-hybridized carbons (Fsp3) is 0.292. The molecule has 0 atom stereocenters. The number of anilines is 1. The largest absolute Gasteiger partial charge is 0.480 e. The number of rotatable bonds is 9. The van der Waals surface area contributed by atoms with E-state index in [4.69, 9.17) is 5.11 Å². The van der Waals surface area contributed by atoms with E-state index in [9.17, 15) is 22.8 Å². The number of carbonyl (C=O) groups is 2. The summed E-state index contributed by atoms with van der Waals surface area (Å²) in [6.07, 6.45) is -3.75. The van der Waals surface area contributed by atoms with Crippen LogP contribution in [0.25, 0.3) is 11.3 Å². The summed E-state index contributed by atoms with van der Waals surface area (Å²) in [5.74, 6) is -1.06. The number of carbonyl (C=O) groups excluding carboxylic acids is 1. The number of aryl methyl sites for hydroxylation is 1. The second-order valence-electron chi connectivity index (χ2n) is 7.88. The quantitative estimate of drug-likeness (QED) is 0.415. The fourth-order valence-electron chi connectivity index (χ4n) is 3.38. The van der Waals surface area contributed by atoms with E-state index in [-0.39, 0.29) is 24.8 Å². The summed E-state index contributed by atoms with van der Waals surface area (Å²) < 4.78 is 40.3. The van der Waals surface area contributed by atoms with Gasteiger partial charge in [0.15, 0.2) is 5.78 Å². The van der Waals surface area contributed by atoms with Crippen LogP contribution in [-0.4, -0.2) is 33.2 Å². The molecule has 0 unspecified atom stereocenters. The summed E-state index contributed by atoms with van der Waals surface area (Å²) in [6, 6.07) is 13.2. The Morgan fingerprint density at radius 3 is 2.24 bits per heavy atom. The van der Waals surface area contributed by atoms with Gasteiger partial charge < -0.3 is 10.4 Å². The Labute approximate surface area is 189 Å². The van der Waals surface area contributed by atoms with Gasteiger partial charge in [-0.15, -0.1) is 0 Å². The number of benzene rings is 2. The van der Waals surface area contributed by atoms with Crippen LogP contribution in [0.5, 0.6) is 0 Å². The minimum atomic E-state index is -4.40. The van der Waals surface area contributed by atoms with Gasteiger partial charge in [-0.1, -0.05) is 12.1 Å². The van der Waals surface area contributed by atoms with E-state index >= 15 is 0 Å². The third-order valence-electron chi connectivity index (χ3n) is 5.07. The van der Waals surface area contributed by atoms with Crippen molar-refractivity contribution in [3.63, 3.8) is 0 Å². The van der Waals surface area contributed by atoms with Gasteiger partial charge in [-0.3, -0.25) is 14.3 Å². The Balaban J connectivity index is 1.71. The molecular formula is C24H24F3N3O3. The summed E-state index contributed by atoms with van der Waals surface area (Å²) >= 11 is 0. The number of hydrogen-bond donors (Lipinski definition) is 2. The lowest BCUT2D eigenvalue weighted by Gasteiger charge is -2.11. The SMILES string of the molecule is CC(C)n1nc(-c2ccc(C(F)(F)F)cc2)cc1CCC(=O)c1ccc(NCC(=O)O)cc1. The minimum Gasteiger partial charge on any atom is -0.480 e. The number of ketones is 1. The highest BCUT2D eigenvalue weighted by atomic mass is 19.4. The van der Waals surface area contributed by atoms with Crippen LogP contribution in [-0.2, 0) is 17.4 Å². The van der Waals surface area contributed by atoms with Gasteiger partial charge in [0.25, 0.3) is 0 Å². The van der Waals surface area contributed by atoms with E-state index in [1.807, 2.05) is 13.8 Å². The first-order valence-electron chi connectivity index (χ1n) is 10.4. The average molecular weight is 459 g/mol. The van der Waals surface area contributed by atoms with E-state index in [0.29, 0.717) is 28.9 Å². The van der Waals surface area contributed by atoms with E-state index < -0.39 is 17.7 Å². The number of Topliss-reactive ketones (excluding diaryl/α,β-unsaturated/α-hetero) is 1. The molecule has 174 valence electrons. The molecule has 0 aliphatic rings. The number of carboxylic acid groups (broad SMARTS) is 1. The van der Waals surface area contributed by atoms with Crippen LogP contribution in [0.3, 0.4) is 0 Å². The van der Waals surface area contributed by atoms with Crippen molar-refractivity contribution in [2.24, 2.45) is 0 Å². The van der Waals surface area contributed by atoms with Crippen molar-refractivity contribution in [3.8, 4) is 11.3 Å². The monoisotopic (exact) mass is 459 g/mol. The standard InChI is InChI=1S/C24H24F3N3O3/c1-15(2)30-20(13-21(29-30)16-3-7-18(8-4-16)24(25,26)27)11-12-22(31)17-5-9-19(10-6-17)28-14-23(32)33/h3-10,13,15,28H,11-12,14H2,1-2H3,(H,32,33). The first-order chi connectivity index (χ1) is 15.5. The van der Waals surface area contributed by atoms with Gasteiger partial charge in [-0.2, -0.15) is 18.3 Å². The third kappa shape index (κ3) is 6.21. The van der Waals surface area contributed by atoms with Crippen LogP contribution < -0.4 is 5.32 Å². The second-order valence-corrected chi connectivity index (χ2v) is 7.88. The molecule has 0 aliphatic heterocycles. The van der Waals surface area contributed by atoms with Gasteiger partial charge in [0.2, 0.25) is 0 Å². The lowest BCUT2D eigenvalue weighted by atomic mass is 10.0. The number of alkyl halides is 3. The number of carboxylic acids is 1. The van der Waals surface area contributed by atoms with Crippen molar-refractivity contribution in [2.45, 2.75) is 38.9 Å². The van der Waals surface area contributed by atoms with Gasteiger partial charge in [-0.25, -0.2) is 0 Å². The minimum absolute atomic E-state index is 0.0119. The maximum absolute atomic E-state index is 12.8. The molecule has 0 fully saturated rings. The topological polar surface area (TPSA) is 84.2 Å². The van der Waals surface area contributed by atoms with Gasteiger partial charge >= 0.3 is 12.1 Å². The maximum Gasteiger partial charge on any atom is 0.416 e. The number of aromatic nitrogens is 2. The Bertz CT molecular complexity index is 1120. The zero-order valence-corrected chi connectivity index (χ0v) is 18.2. The molecule has 0 saturated heterocycles. The highest BCUT2D eigenvalue weighted by Gasteiger charge is 2.30. The van der Waals surface area contributed by atoms with Crippen molar-refractivity contribution < 1.29 is 27.9 Å². The first kappa shape index (κ1) is 24.0. The molecule has 0 bridgehead atoms. The van der Waals surface area contributed by atoms with Gasteiger partial charge in [0, 0.05) is 35.0 Å². The average Bonchev–Trinajstić information content (AvgIpc) is 3.20. The van der Waals surface area contributed by atoms with E-state index in [2.05, 4.69) is 10.4 Å². The van der Waals surface area contributed by atoms with E-state index in [0.717, 1.165) is 17.8 Å². The highest BCUT2D eigenvalue weighted by Crippen LogP contribution is 2.31. The van der Waals surface area contributed by atoms with Crippen LogP contribution in [0.1, 0.15) is 47.9 Å². The molecule has 33 heavy (non-hydrogen) atoms. The summed E-state index contributed by atoms with van der Waals surface area (Å²) in [4.78, 5) is 23.3. The third-order valence-corrected chi connectivity index (χ3v) is 5.07. The van der Waals surface area contributed by atoms with Crippen LogP contribution in [0.4, 0.5) is 18.9 Å². The van der Waals surface area contributed by atoms with Crippen molar-refractivity contribution in [2.75, 3.05) is 11.9 Å². The van der Waals surface area contributed by atoms with Crippen molar-refractivity contribution in [3.05, 3.63) is 71.4 Å². The maximum atomic E-state index is 12.8. The molecule has 3 rings (SSSR count). The smallest absolute Gasteiger partial charge is 0.416 e. The fourth-order valence-corrected chi connectivity index (χ4v) is 3.38. The van der Waals surface area contributed by atoms with Crippen LogP contribution in [0.15, 0.2) is 54.6 Å². The number of nitrogens with one attached hydrogen (secondary N) is 1. The molecule has 9 heteroatoms. The molecule has 6 nitrogen and oxygen atoms in total. The molecule has 0 radical (unpaired) electrons. The molecule has 0 saturated carbocycles. The highest BCUT2D eigenvalue weighted by molar-refractivity contribution is 5.96. The van der Waals surface area contributed by atoms with Crippen molar-refractivity contribution in [1.29, 1.82) is 0 Å². The second kappa shape index (κ2) is 9.89. The van der Waals surface area contributed by atoms with E-state index in [1.165, 1.54) is 12.1 Å². The molecule has 0 spiro atoms. The molecule has 1 aromatic heterocycles. The van der Waals surface area contributed by atoms with Crippen molar-refractivity contribution >= 4 is 17.4 Å². The first-order valence-corrected chi connectivity index (χ1v) is 10.4. The van der Waals surface area contributed by atoms with Gasteiger partial charge in [0.1, 0.15) is 6.54 Å².